The van der Waals surface area contributed by atoms with Crippen molar-refractivity contribution >= 4 is 66.4 Å². The first-order chi connectivity index (χ1) is 37.7. The predicted octanol–water partition coefficient (Wildman–Crippen LogP) is 19.2. The minimum Gasteiger partial charge on any atom is -0.509 e. The van der Waals surface area contributed by atoms with Crippen molar-refractivity contribution in [3.05, 3.63) is 241 Å². The second kappa shape index (κ2) is 20.2. The molecule has 0 aliphatic carbocycles. The van der Waals surface area contributed by atoms with E-state index in [4.69, 9.17) is 9.72 Å². The van der Waals surface area contributed by atoms with Crippen LogP contribution in [0.15, 0.2) is 194 Å². The van der Waals surface area contributed by atoms with E-state index in [1.165, 1.54) is 28.8 Å². The van der Waals surface area contributed by atoms with Crippen LogP contribution >= 0.6 is 0 Å². The van der Waals surface area contributed by atoms with E-state index in [1.54, 1.807) is 0 Å². The van der Waals surface area contributed by atoms with Gasteiger partial charge in [-0.1, -0.05) is 168 Å². The molecule has 6 nitrogen and oxygen atoms in total. The second-order valence-corrected chi connectivity index (χ2v) is 22.1. The molecule has 0 bridgehead atoms. The Morgan fingerprint density at radius 3 is 1.68 bits per heavy atom. The third-order valence-electron chi connectivity index (χ3n) is 15.2. The predicted molar refractivity (Wildman–Crippen MR) is 316 cm³/mol. The van der Waals surface area contributed by atoms with Crippen LogP contribution in [0.4, 0.5) is 31.5 Å². The number of benzene rings is 9. The Kier molecular flexibility index (Phi) is 13.1. The van der Waals surface area contributed by atoms with Gasteiger partial charge in [-0.05, 0) is 105 Å². The van der Waals surface area contributed by atoms with Gasteiger partial charge < -0.3 is 23.7 Å². The van der Waals surface area contributed by atoms with Gasteiger partial charge in [0.1, 0.15) is 17.5 Å². The van der Waals surface area contributed by atoms with Gasteiger partial charge >= 0.3 is 0 Å². The first-order valence-corrected chi connectivity index (χ1v) is 26.7. The van der Waals surface area contributed by atoms with Crippen LogP contribution in [0.1, 0.15) is 77.0 Å². The molecule has 0 N–H and O–H groups in total. The van der Waals surface area contributed by atoms with Gasteiger partial charge in [0, 0.05) is 89.3 Å². The van der Waals surface area contributed by atoms with Gasteiger partial charge in [-0.3, -0.25) is 0 Å². The van der Waals surface area contributed by atoms with E-state index in [9.17, 15) is 0 Å². The maximum atomic E-state index is 15.4. The second-order valence-electron chi connectivity index (χ2n) is 22.1. The van der Waals surface area contributed by atoms with Crippen molar-refractivity contribution in [1.82, 2.24) is 14.1 Å². The molecule has 0 radical (unpaired) electrons. The van der Waals surface area contributed by atoms with Crippen LogP contribution in [0.25, 0.3) is 77.4 Å². The first-order valence-electron chi connectivity index (χ1n) is 26.7. The van der Waals surface area contributed by atoms with Crippen molar-refractivity contribution in [3.8, 4) is 45.3 Å². The molecule has 0 saturated heterocycles. The summed E-state index contributed by atoms with van der Waals surface area (Å²) in [5, 5.41) is 4.38. The van der Waals surface area contributed by atoms with E-state index < -0.39 is 11.6 Å². The zero-order valence-electron chi connectivity index (χ0n) is 44.9. The molecule has 0 spiro atoms. The molecule has 0 atom stereocenters. The van der Waals surface area contributed by atoms with Gasteiger partial charge in [0.2, 0.25) is 0 Å². The maximum absolute atomic E-state index is 15.4. The number of anilines is 4. The zero-order chi connectivity index (χ0) is 53.6. The zero-order valence-corrected chi connectivity index (χ0v) is 47.2. The molecule has 9 heteroatoms. The number of pyridine rings is 1. The van der Waals surface area contributed by atoms with Crippen molar-refractivity contribution in [2.45, 2.75) is 65.7 Å². The number of aromatic nitrogens is 3. The molecular formula is C70H56F2N5OPt-3. The molecule has 1 aliphatic rings. The van der Waals surface area contributed by atoms with E-state index in [2.05, 4.69) is 220 Å². The minimum absolute atomic E-state index is 0. The summed E-state index contributed by atoms with van der Waals surface area (Å²) < 4.78 is 42.3. The van der Waals surface area contributed by atoms with E-state index >= 15 is 8.78 Å². The van der Waals surface area contributed by atoms with E-state index in [0.29, 0.717) is 28.3 Å². The van der Waals surface area contributed by atoms with Crippen molar-refractivity contribution in [2.75, 3.05) is 9.80 Å². The van der Waals surface area contributed by atoms with Crippen LogP contribution in [0.3, 0.4) is 0 Å². The van der Waals surface area contributed by atoms with Crippen LogP contribution in [-0.2, 0) is 26.5 Å². The molecular weight excluding hydrogens is 1160 g/mol. The van der Waals surface area contributed by atoms with Gasteiger partial charge in [0.05, 0.1) is 11.0 Å². The number of fused-ring (bicyclic) bond motifs is 7. The third-order valence-corrected chi connectivity index (χ3v) is 15.2. The summed E-state index contributed by atoms with van der Waals surface area (Å²) in [5.41, 5.74) is 14.6. The Morgan fingerprint density at radius 1 is 0.519 bits per heavy atom. The molecule has 0 amide bonds. The monoisotopic (exact) mass is 1220 g/mol. The number of hydrogen-bond donors (Lipinski definition) is 0. The SMILES string of the molecule is CC(C)c1cc(-c2cccc(-c3cc(F)cc(F)c3)c2N2[CH-]N(c3[c-]c(Oc4[c-]c5c(cc4)c4ccccc4n5-c4cc(C(C)(C)C)ccn4)cc(-n4c5ccccc5c5ccccc54)c3)c3ccccc32)cc(C(C)C)c1.[Pt]. The summed E-state index contributed by atoms with van der Waals surface area (Å²) in [6.07, 6.45) is 1.88. The molecule has 0 fully saturated rings. The number of nitrogens with zero attached hydrogens (tertiary/aromatic N) is 5. The van der Waals surface area contributed by atoms with E-state index in [-0.39, 0.29) is 38.3 Å². The summed E-state index contributed by atoms with van der Waals surface area (Å²) in [6, 6.07) is 70.1. The smallest absolute Gasteiger partial charge is 0.135 e. The normalized spacial score (nSPS) is 12.6. The number of halogens is 2. The molecule has 0 unspecified atom stereocenters. The average Bonchev–Trinajstić information content (AvgIpc) is 4.34. The van der Waals surface area contributed by atoms with Crippen molar-refractivity contribution in [1.29, 1.82) is 0 Å². The van der Waals surface area contributed by atoms with Crippen LogP contribution in [0, 0.1) is 30.4 Å². The Labute approximate surface area is 474 Å². The molecule has 12 aromatic rings. The van der Waals surface area contributed by atoms with E-state index in [1.807, 2.05) is 42.6 Å². The summed E-state index contributed by atoms with van der Waals surface area (Å²) in [5.74, 6) is 1.03. The van der Waals surface area contributed by atoms with Crippen LogP contribution in [-0.4, -0.2) is 14.1 Å². The summed E-state index contributed by atoms with van der Waals surface area (Å²) >= 11 is 0. The van der Waals surface area contributed by atoms with Crippen LogP contribution in [0.5, 0.6) is 11.5 Å². The van der Waals surface area contributed by atoms with Gasteiger partial charge in [0.15, 0.2) is 0 Å². The Morgan fingerprint density at radius 2 is 1.08 bits per heavy atom. The fraction of sp³-hybridized carbons (Fsp3) is 0.143. The fourth-order valence-electron chi connectivity index (χ4n) is 11.3. The molecule has 0 saturated carbocycles. The number of para-hydroxylation sites is 6. The van der Waals surface area contributed by atoms with Crippen molar-refractivity contribution in [3.63, 3.8) is 0 Å². The Bertz CT molecular complexity index is 4240. The molecule has 79 heavy (non-hydrogen) atoms. The largest absolute Gasteiger partial charge is 0.509 e. The van der Waals surface area contributed by atoms with Gasteiger partial charge in [-0.15, -0.1) is 42.4 Å². The summed E-state index contributed by atoms with van der Waals surface area (Å²) in [7, 11) is 0. The van der Waals surface area contributed by atoms with Crippen molar-refractivity contribution < 1.29 is 34.6 Å². The number of hydrogen-bond acceptors (Lipinski definition) is 4. The average molecular weight is 1220 g/mol. The Balaban J connectivity index is 0.00000623. The summed E-state index contributed by atoms with van der Waals surface area (Å²) in [4.78, 5) is 9.21. The third kappa shape index (κ3) is 9.16. The number of rotatable bonds is 10. The molecule has 1 aliphatic heterocycles. The van der Waals surface area contributed by atoms with Gasteiger partial charge in [0.25, 0.3) is 0 Å². The standard InChI is InChI=1S/C70H56F2N5O.Pt/c1-43(2)45-31-46(44(3)4)33-47(32-45)56-20-16-21-57(48-34-50(71)37-51(72)35-48)69(56)75-42-74(65-25-14-15-26-66(65)75)52-38-53(76-62-22-11-8-17-58(62)59-18-9-12-23-63(59)76)40-55(39-52)78-54-27-28-61-60-19-10-13-24-64(60)77(67(61)41-54)68-36-49(29-30-73-68)70(5,6)7;/h8-38,40,42-44H,1-7H3;/q-3;. The minimum atomic E-state index is -0.647. The maximum Gasteiger partial charge on any atom is 0.135 e. The molecule has 13 rings (SSSR count). The van der Waals surface area contributed by atoms with Crippen LogP contribution in [0.2, 0.25) is 0 Å². The number of ether oxygens (including phenoxy) is 1. The quantitative estimate of drug-likeness (QED) is 0.128. The first kappa shape index (κ1) is 51.4. The molecule has 3 aromatic heterocycles. The topological polar surface area (TPSA) is 38.5 Å². The summed E-state index contributed by atoms with van der Waals surface area (Å²) in [6.45, 7) is 17.5. The molecule has 9 aromatic carbocycles. The van der Waals surface area contributed by atoms with Gasteiger partial charge in [-0.2, -0.15) is 6.07 Å². The van der Waals surface area contributed by atoms with Crippen molar-refractivity contribution in [2.24, 2.45) is 0 Å². The fourth-order valence-corrected chi connectivity index (χ4v) is 11.3. The molecule has 394 valence electrons. The molecule has 4 heterocycles. The van der Waals surface area contributed by atoms with Crippen LogP contribution < -0.4 is 14.5 Å². The Hall–Kier alpha value is -8.32. The van der Waals surface area contributed by atoms with E-state index in [0.717, 1.165) is 89.4 Å². The van der Waals surface area contributed by atoms with Gasteiger partial charge in [-0.25, -0.2) is 13.8 Å².